The Balaban J connectivity index is 1.89. The number of nitrogens with zero attached hydrogens (tertiary/aromatic N) is 2. The van der Waals surface area contributed by atoms with Gasteiger partial charge in [-0.25, -0.2) is 0 Å². The number of pyridine rings is 2. The fraction of sp³-hybridized carbons (Fsp3) is 0.125. The summed E-state index contributed by atoms with van der Waals surface area (Å²) in [5, 5.41) is 0.535. The van der Waals surface area contributed by atoms with Crippen molar-refractivity contribution in [2.45, 2.75) is 20.4 Å². The SMILES string of the molecule is Cc1ccc(C(=O)c2cn(Cc3ccccn3)c3ccccc3c2=O)cc1C. The molecule has 0 atom stereocenters. The first-order chi connectivity index (χ1) is 13.5. The molecule has 0 unspecified atom stereocenters. The van der Waals surface area contributed by atoms with Crippen LogP contribution in [0.25, 0.3) is 10.9 Å². The minimum Gasteiger partial charge on any atom is -0.340 e. The predicted molar refractivity (Wildman–Crippen MR) is 111 cm³/mol. The van der Waals surface area contributed by atoms with E-state index in [0.717, 1.165) is 22.3 Å². The molecule has 0 bridgehead atoms. The van der Waals surface area contributed by atoms with Gasteiger partial charge >= 0.3 is 0 Å². The molecule has 0 amide bonds. The van der Waals surface area contributed by atoms with Gasteiger partial charge < -0.3 is 4.57 Å². The minimum absolute atomic E-state index is 0.179. The smallest absolute Gasteiger partial charge is 0.200 e. The lowest BCUT2D eigenvalue weighted by molar-refractivity contribution is 0.103. The highest BCUT2D eigenvalue weighted by Gasteiger charge is 2.17. The Bertz CT molecular complexity index is 1240. The van der Waals surface area contributed by atoms with Gasteiger partial charge in [0.05, 0.1) is 23.3 Å². The van der Waals surface area contributed by atoms with Crippen LogP contribution in [-0.4, -0.2) is 15.3 Å². The quantitative estimate of drug-likeness (QED) is 0.505. The van der Waals surface area contributed by atoms with Gasteiger partial charge in [-0.2, -0.15) is 0 Å². The molecule has 4 heteroatoms. The summed E-state index contributed by atoms with van der Waals surface area (Å²) < 4.78 is 1.92. The van der Waals surface area contributed by atoms with Gasteiger partial charge in [-0.05, 0) is 55.3 Å². The molecule has 28 heavy (non-hydrogen) atoms. The van der Waals surface area contributed by atoms with E-state index in [1.165, 1.54) is 0 Å². The molecule has 0 aliphatic rings. The highest BCUT2D eigenvalue weighted by atomic mass is 16.1. The van der Waals surface area contributed by atoms with Gasteiger partial charge in [0, 0.05) is 23.3 Å². The van der Waals surface area contributed by atoms with Gasteiger partial charge in [0.2, 0.25) is 5.43 Å². The van der Waals surface area contributed by atoms with Crippen LogP contribution in [0, 0.1) is 13.8 Å². The number of para-hydroxylation sites is 1. The molecule has 4 nitrogen and oxygen atoms in total. The van der Waals surface area contributed by atoms with E-state index in [-0.39, 0.29) is 16.8 Å². The maximum atomic E-state index is 13.2. The van der Waals surface area contributed by atoms with Crippen LogP contribution in [0.5, 0.6) is 0 Å². The minimum atomic E-state index is -0.256. The summed E-state index contributed by atoms with van der Waals surface area (Å²) in [6, 6.07) is 18.6. The van der Waals surface area contributed by atoms with Gasteiger partial charge in [0.15, 0.2) is 5.78 Å². The first-order valence-corrected chi connectivity index (χ1v) is 9.18. The molecule has 0 saturated carbocycles. The van der Waals surface area contributed by atoms with Crippen LogP contribution in [0.4, 0.5) is 0 Å². The number of aryl methyl sites for hydroxylation is 2. The molecule has 0 radical (unpaired) electrons. The molecular weight excluding hydrogens is 348 g/mol. The van der Waals surface area contributed by atoms with Crippen LogP contribution in [0.1, 0.15) is 32.7 Å². The molecule has 2 heterocycles. The number of carbonyl (C=O) groups excluding carboxylic acids is 1. The zero-order valence-corrected chi connectivity index (χ0v) is 15.8. The van der Waals surface area contributed by atoms with Crippen molar-refractivity contribution in [3.8, 4) is 0 Å². The molecule has 0 aliphatic carbocycles. The number of ketones is 1. The maximum absolute atomic E-state index is 13.2. The van der Waals surface area contributed by atoms with Crippen molar-refractivity contribution >= 4 is 16.7 Å². The third kappa shape index (κ3) is 3.25. The Morgan fingerprint density at radius 3 is 2.50 bits per heavy atom. The summed E-state index contributed by atoms with van der Waals surface area (Å²) in [5.41, 5.74) is 4.26. The van der Waals surface area contributed by atoms with E-state index < -0.39 is 0 Å². The first kappa shape index (κ1) is 17.9. The third-order valence-electron chi connectivity index (χ3n) is 5.06. The van der Waals surface area contributed by atoms with Crippen LogP contribution in [0.2, 0.25) is 0 Å². The summed E-state index contributed by atoms with van der Waals surface area (Å²) in [6.07, 6.45) is 3.40. The van der Waals surface area contributed by atoms with Crippen LogP contribution < -0.4 is 5.43 Å². The van der Waals surface area contributed by atoms with E-state index >= 15 is 0 Å². The Morgan fingerprint density at radius 1 is 0.964 bits per heavy atom. The van der Waals surface area contributed by atoms with Crippen molar-refractivity contribution in [1.82, 2.24) is 9.55 Å². The Labute approximate surface area is 163 Å². The highest BCUT2D eigenvalue weighted by Crippen LogP contribution is 2.17. The van der Waals surface area contributed by atoms with Gasteiger partial charge in [0.1, 0.15) is 0 Å². The summed E-state index contributed by atoms with van der Waals surface area (Å²) >= 11 is 0. The second-order valence-electron chi connectivity index (χ2n) is 6.97. The number of rotatable bonds is 4. The number of fused-ring (bicyclic) bond motifs is 1. The van der Waals surface area contributed by atoms with Crippen molar-refractivity contribution in [2.24, 2.45) is 0 Å². The van der Waals surface area contributed by atoms with Crippen molar-refractivity contribution in [1.29, 1.82) is 0 Å². The third-order valence-corrected chi connectivity index (χ3v) is 5.06. The van der Waals surface area contributed by atoms with Crippen molar-refractivity contribution in [2.75, 3.05) is 0 Å². The number of hydrogen-bond acceptors (Lipinski definition) is 3. The number of aromatic nitrogens is 2. The molecule has 0 spiro atoms. The standard InChI is InChI=1S/C24H20N2O2/c1-16-10-11-18(13-17(16)2)23(27)21-15-26(14-19-7-5-6-12-25-19)22-9-4-3-8-20(22)24(21)28/h3-13,15H,14H2,1-2H3. The van der Waals surface area contributed by atoms with E-state index in [2.05, 4.69) is 4.98 Å². The lowest BCUT2D eigenvalue weighted by atomic mass is 9.99. The zero-order valence-electron chi connectivity index (χ0n) is 15.8. The fourth-order valence-corrected chi connectivity index (χ4v) is 3.34. The molecule has 138 valence electrons. The summed E-state index contributed by atoms with van der Waals surface area (Å²) in [7, 11) is 0. The second-order valence-corrected chi connectivity index (χ2v) is 6.97. The second kappa shape index (κ2) is 7.24. The highest BCUT2D eigenvalue weighted by molar-refractivity contribution is 6.10. The normalized spacial score (nSPS) is 10.9. The Hall–Kier alpha value is -3.53. The molecule has 0 N–H and O–H groups in total. The number of carbonyl (C=O) groups is 1. The topological polar surface area (TPSA) is 52.0 Å². The van der Waals surface area contributed by atoms with Crippen LogP contribution >= 0.6 is 0 Å². The van der Waals surface area contributed by atoms with Gasteiger partial charge in [-0.1, -0.05) is 30.3 Å². The fourth-order valence-electron chi connectivity index (χ4n) is 3.34. The Kier molecular flexibility index (Phi) is 4.62. The lowest BCUT2D eigenvalue weighted by Gasteiger charge is -2.13. The van der Waals surface area contributed by atoms with Crippen molar-refractivity contribution in [3.63, 3.8) is 0 Å². The molecule has 0 fully saturated rings. The van der Waals surface area contributed by atoms with Crippen molar-refractivity contribution < 1.29 is 4.79 Å². The molecule has 4 rings (SSSR count). The molecule has 2 aromatic heterocycles. The molecule has 4 aromatic rings. The summed E-state index contributed by atoms with van der Waals surface area (Å²) in [5.74, 6) is -0.256. The van der Waals surface area contributed by atoms with E-state index in [1.54, 1.807) is 24.5 Å². The average Bonchev–Trinajstić information content (AvgIpc) is 2.72. The predicted octanol–water partition coefficient (Wildman–Crippen LogP) is 4.29. The van der Waals surface area contributed by atoms with Gasteiger partial charge in [0.25, 0.3) is 0 Å². The Morgan fingerprint density at radius 2 is 1.75 bits per heavy atom. The van der Waals surface area contributed by atoms with E-state index in [9.17, 15) is 9.59 Å². The first-order valence-electron chi connectivity index (χ1n) is 9.18. The van der Waals surface area contributed by atoms with E-state index in [0.29, 0.717) is 17.5 Å². The summed E-state index contributed by atoms with van der Waals surface area (Å²) in [6.45, 7) is 4.44. The monoisotopic (exact) mass is 368 g/mol. The maximum Gasteiger partial charge on any atom is 0.200 e. The van der Waals surface area contributed by atoms with Crippen molar-refractivity contribution in [3.05, 3.63) is 111 Å². The lowest BCUT2D eigenvalue weighted by Crippen LogP contribution is -2.20. The zero-order chi connectivity index (χ0) is 19.7. The van der Waals surface area contributed by atoms with Gasteiger partial charge in [-0.15, -0.1) is 0 Å². The van der Waals surface area contributed by atoms with Crippen LogP contribution in [0.15, 0.2) is 77.9 Å². The molecule has 0 saturated heterocycles. The molecule has 2 aromatic carbocycles. The van der Waals surface area contributed by atoms with Gasteiger partial charge in [-0.3, -0.25) is 14.6 Å². The summed E-state index contributed by atoms with van der Waals surface area (Å²) in [4.78, 5) is 30.6. The number of hydrogen-bond donors (Lipinski definition) is 0. The largest absolute Gasteiger partial charge is 0.340 e. The average molecular weight is 368 g/mol. The molecular formula is C24H20N2O2. The van der Waals surface area contributed by atoms with E-state index in [1.807, 2.05) is 66.9 Å². The van der Waals surface area contributed by atoms with Crippen LogP contribution in [0.3, 0.4) is 0 Å². The van der Waals surface area contributed by atoms with E-state index in [4.69, 9.17) is 0 Å². The number of benzene rings is 2. The molecule has 0 aliphatic heterocycles. The van der Waals surface area contributed by atoms with Crippen LogP contribution in [-0.2, 0) is 6.54 Å².